The van der Waals surface area contributed by atoms with Crippen molar-refractivity contribution in [1.29, 1.82) is 0 Å². The van der Waals surface area contributed by atoms with Crippen LogP contribution in [-0.4, -0.2) is 11.0 Å². The van der Waals surface area contributed by atoms with Crippen LogP contribution in [0.15, 0.2) is 43.0 Å². The summed E-state index contributed by atoms with van der Waals surface area (Å²) >= 11 is 0. The second kappa shape index (κ2) is 5.43. The van der Waals surface area contributed by atoms with E-state index in [4.69, 9.17) is 5.73 Å². The van der Waals surface area contributed by atoms with Crippen molar-refractivity contribution < 1.29 is 14.9 Å². The van der Waals surface area contributed by atoms with E-state index in [1.165, 1.54) is 24.3 Å². The van der Waals surface area contributed by atoms with Gasteiger partial charge in [0, 0.05) is 5.69 Å². The van der Waals surface area contributed by atoms with Crippen molar-refractivity contribution in [2.45, 2.75) is 0 Å². The fraction of sp³-hybridized carbons (Fsp3) is 0. The molecular weight excluding hydrogens is 194 g/mol. The van der Waals surface area contributed by atoms with E-state index in [0.29, 0.717) is 5.69 Å². The van der Waals surface area contributed by atoms with Crippen molar-refractivity contribution in [3.8, 4) is 0 Å². The molecule has 78 valence electrons. The largest absolute Gasteiger partial charge is 0.545 e. The molecule has 1 heterocycles. The topological polar surface area (TPSA) is 96.1 Å². The number of rotatable bonds is 1. The SMILES string of the molecule is Nc1ccc(C(=O)[O-])cc1.c1c[nH+]c[nH]1. The summed E-state index contributed by atoms with van der Waals surface area (Å²) in [4.78, 5) is 15.8. The minimum Gasteiger partial charge on any atom is -0.545 e. The summed E-state index contributed by atoms with van der Waals surface area (Å²) in [6, 6.07) is 5.85. The second-order valence-corrected chi connectivity index (χ2v) is 2.72. The molecule has 0 unspecified atom stereocenters. The van der Waals surface area contributed by atoms with Crippen molar-refractivity contribution in [3.63, 3.8) is 0 Å². The lowest BCUT2D eigenvalue weighted by molar-refractivity contribution is -0.375. The number of carbonyl (C=O) groups excluding carboxylic acids is 1. The van der Waals surface area contributed by atoms with E-state index in [2.05, 4.69) is 9.97 Å². The molecule has 2 rings (SSSR count). The highest BCUT2D eigenvalue weighted by Crippen LogP contribution is 2.03. The molecule has 5 heteroatoms. The number of aromatic carboxylic acids is 1. The summed E-state index contributed by atoms with van der Waals surface area (Å²) in [7, 11) is 0. The summed E-state index contributed by atoms with van der Waals surface area (Å²) < 4.78 is 0. The van der Waals surface area contributed by atoms with Gasteiger partial charge in [-0.3, -0.25) is 9.97 Å². The zero-order valence-corrected chi connectivity index (χ0v) is 7.94. The number of carboxylic acid groups (broad SMARTS) is 1. The zero-order valence-electron chi connectivity index (χ0n) is 7.94. The number of anilines is 1. The number of nitrogens with one attached hydrogen (secondary N) is 2. The molecule has 2 aromatic rings. The first-order chi connectivity index (χ1) is 7.20. The van der Waals surface area contributed by atoms with Crippen molar-refractivity contribution in [2.24, 2.45) is 0 Å². The fourth-order valence-electron chi connectivity index (χ4n) is 0.860. The van der Waals surface area contributed by atoms with Gasteiger partial charge in [0.2, 0.25) is 6.33 Å². The Morgan fingerprint density at radius 3 is 2.33 bits per heavy atom. The maximum absolute atomic E-state index is 10.2. The van der Waals surface area contributed by atoms with Gasteiger partial charge in [0.05, 0.1) is 5.97 Å². The van der Waals surface area contributed by atoms with E-state index in [9.17, 15) is 9.90 Å². The number of carboxylic acids is 1. The molecule has 5 nitrogen and oxygen atoms in total. The molecule has 0 saturated heterocycles. The van der Waals surface area contributed by atoms with Crippen LogP contribution < -0.4 is 15.8 Å². The second-order valence-electron chi connectivity index (χ2n) is 2.72. The van der Waals surface area contributed by atoms with Crippen LogP contribution in [0, 0.1) is 0 Å². The van der Waals surface area contributed by atoms with Crippen LogP contribution in [0.25, 0.3) is 0 Å². The molecule has 0 aliphatic heterocycles. The number of hydrogen-bond donors (Lipinski definition) is 2. The highest BCUT2D eigenvalue weighted by molar-refractivity contribution is 5.86. The molecule has 0 bridgehead atoms. The van der Waals surface area contributed by atoms with Crippen molar-refractivity contribution in [3.05, 3.63) is 48.5 Å². The van der Waals surface area contributed by atoms with Crippen LogP contribution in [0.3, 0.4) is 0 Å². The maximum Gasteiger partial charge on any atom is 0.239 e. The summed E-state index contributed by atoms with van der Waals surface area (Å²) in [5, 5.41) is 10.2. The van der Waals surface area contributed by atoms with Gasteiger partial charge in [0.25, 0.3) is 0 Å². The Labute approximate surface area is 86.6 Å². The van der Waals surface area contributed by atoms with E-state index in [-0.39, 0.29) is 5.56 Å². The van der Waals surface area contributed by atoms with Gasteiger partial charge in [-0.15, -0.1) is 0 Å². The Hall–Kier alpha value is -2.30. The maximum atomic E-state index is 10.2. The molecule has 0 amide bonds. The van der Waals surface area contributed by atoms with Gasteiger partial charge in [-0.25, -0.2) is 0 Å². The predicted molar refractivity (Wildman–Crippen MR) is 52.5 cm³/mol. The quantitative estimate of drug-likeness (QED) is 0.612. The third-order valence-corrected chi connectivity index (χ3v) is 1.59. The Balaban J connectivity index is 0.000000187. The predicted octanol–water partition coefficient (Wildman–Crippen LogP) is -0.539. The molecular formula is C10H11N3O2. The lowest BCUT2D eigenvalue weighted by Crippen LogP contribution is -2.21. The Bertz CT molecular complexity index is 378. The van der Waals surface area contributed by atoms with Crippen LogP contribution in [0.2, 0.25) is 0 Å². The zero-order chi connectivity index (χ0) is 11.1. The highest BCUT2D eigenvalue weighted by atomic mass is 16.4. The number of imidazole rings is 1. The summed E-state index contributed by atoms with van der Waals surface area (Å²) in [5.41, 5.74) is 6.01. The molecule has 0 fully saturated rings. The number of hydrogen-bond acceptors (Lipinski definition) is 3. The first-order valence-corrected chi connectivity index (χ1v) is 4.26. The number of H-pyrrole nitrogens is 2. The van der Waals surface area contributed by atoms with Crippen molar-refractivity contribution >= 4 is 11.7 Å². The monoisotopic (exact) mass is 205 g/mol. The van der Waals surface area contributed by atoms with E-state index >= 15 is 0 Å². The summed E-state index contributed by atoms with van der Waals surface area (Å²) in [6.07, 6.45) is 5.39. The molecule has 0 radical (unpaired) electrons. The van der Waals surface area contributed by atoms with Crippen molar-refractivity contribution in [2.75, 3.05) is 5.73 Å². The van der Waals surface area contributed by atoms with Gasteiger partial charge in [-0.05, 0) is 17.7 Å². The van der Waals surface area contributed by atoms with Gasteiger partial charge >= 0.3 is 0 Å². The Morgan fingerprint density at radius 2 is 2.00 bits per heavy atom. The van der Waals surface area contributed by atoms with Gasteiger partial charge in [0.15, 0.2) is 0 Å². The van der Waals surface area contributed by atoms with E-state index < -0.39 is 5.97 Å². The lowest BCUT2D eigenvalue weighted by Gasteiger charge is -2.00. The smallest absolute Gasteiger partial charge is 0.239 e. The minimum atomic E-state index is -1.18. The van der Waals surface area contributed by atoms with Gasteiger partial charge < -0.3 is 15.6 Å². The summed E-state index contributed by atoms with van der Waals surface area (Å²) in [5.74, 6) is -1.18. The van der Waals surface area contributed by atoms with Gasteiger partial charge in [-0.2, -0.15) is 0 Å². The molecule has 15 heavy (non-hydrogen) atoms. The normalized spacial score (nSPS) is 8.80. The van der Waals surface area contributed by atoms with Gasteiger partial charge in [0.1, 0.15) is 12.4 Å². The standard InChI is InChI=1S/C7H7NO2.C3H4N2/c8-6-3-1-5(2-4-6)7(9)10;1-2-5-3-4-1/h1-4H,8H2,(H,9,10);1-3H,(H,4,5). The third kappa shape index (κ3) is 3.95. The van der Waals surface area contributed by atoms with Crippen LogP contribution >= 0.6 is 0 Å². The fourth-order valence-corrected chi connectivity index (χ4v) is 0.860. The van der Waals surface area contributed by atoms with E-state index in [1.54, 1.807) is 6.33 Å². The first-order valence-electron chi connectivity index (χ1n) is 4.26. The van der Waals surface area contributed by atoms with E-state index in [0.717, 1.165) is 0 Å². The summed E-state index contributed by atoms with van der Waals surface area (Å²) in [6.45, 7) is 0. The average molecular weight is 205 g/mol. The average Bonchev–Trinajstić information content (AvgIpc) is 2.76. The molecule has 0 spiro atoms. The molecule has 1 aromatic carbocycles. The minimum absolute atomic E-state index is 0.147. The van der Waals surface area contributed by atoms with Crippen LogP contribution in [0.1, 0.15) is 10.4 Å². The number of aromatic amines is 2. The third-order valence-electron chi connectivity index (χ3n) is 1.59. The van der Waals surface area contributed by atoms with Crippen LogP contribution in [-0.2, 0) is 0 Å². The van der Waals surface area contributed by atoms with Gasteiger partial charge in [-0.1, -0.05) is 12.1 Å². The number of benzene rings is 1. The first kappa shape index (κ1) is 10.8. The number of nitrogen functional groups attached to an aromatic ring is 1. The van der Waals surface area contributed by atoms with Crippen LogP contribution in [0.4, 0.5) is 5.69 Å². The molecule has 1 aromatic heterocycles. The van der Waals surface area contributed by atoms with E-state index in [1.807, 2.05) is 12.4 Å². The van der Waals surface area contributed by atoms with Crippen molar-refractivity contribution in [1.82, 2.24) is 4.98 Å². The molecule has 0 aliphatic rings. The molecule has 0 atom stereocenters. The number of carbonyl (C=O) groups is 1. The molecule has 0 aliphatic carbocycles. The molecule has 4 N–H and O–H groups in total. The number of aromatic nitrogens is 2. The Kier molecular flexibility index (Phi) is 3.91. The Morgan fingerprint density at radius 1 is 1.33 bits per heavy atom. The number of nitrogens with two attached hydrogens (primary N) is 1. The molecule has 0 saturated carbocycles. The highest BCUT2D eigenvalue weighted by Gasteiger charge is 1.89. The van der Waals surface area contributed by atoms with Crippen LogP contribution in [0.5, 0.6) is 0 Å². The lowest BCUT2D eigenvalue weighted by atomic mass is 10.2.